The van der Waals surface area contributed by atoms with Gasteiger partial charge in [-0.05, 0) is 26.8 Å². The molecule has 0 radical (unpaired) electrons. The Morgan fingerprint density at radius 1 is 1.50 bits per heavy atom. The smallest absolute Gasteiger partial charge is 0.276 e. The van der Waals surface area contributed by atoms with Gasteiger partial charge < -0.3 is 0 Å². The number of nitrogens with one attached hydrogen (secondary N) is 1. The Kier molecular flexibility index (Phi) is 3.29. The molecule has 6 nitrogen and oxygen atoms in total. The van der Waals surface area contributed by atoms with Crippen molar-refractivity contribution in [3.63, 3.8) is 0 Å². The zero-order valence-corrected chi connectivity index (χ0v) is 10.9. The van der Waals surface area contributed by atoms with E-state index in [1.165, 1.54) is 7.11 Å². The number of fused-ring (bicyclic) bond motifs is 1. The van der Waals surface area contributed by atoms with E-state index in [1.807, 2.05) is 18.5 Å². The molecule has 2 aromatic heterocycles. The molecule has 0 fully saturated rings. The number of carbonyl (C=O) groups is 1. The molecule has 0 aliphatic heterocycles. The highest BCUT2D eigenvalue weighted by Gasteiger charge is 2.14. The van der Waals surface area contributed by atoms with Gasteiger partial charge in [-0.2, -0.15) is 5.10 Å². The van der Waals surface area contributed by atoms with E-state index >= 15 is 0 Å². The van der Waals surface area contributed by atoms with E-state index in [0.717, 1.165) is 11.0 Å². The standard InChI is InChI=1S/C12H16N4O2/c1-7(2)16-11-9(6-13-16)5-10(8(3)14-11)12(17)15-18-4/h5-7H,1-4H3,(H,15,17). The van der Waals surface area contributed by atoms with Crippen LogP contribution in [0.4, 0.5) is 0 Å². The topological polar surface area (TPSA) is 69.0 Å². The summed E-state index contributed by atoms with van der Waals surface area (Å²) in [5.41, 5.74) is 4.22. The number of hydrogen-bond donors (Lipinski definition) is 1. The van der Waals surface area contributed by atoms with Gasteiger partial charge in [0.1, 0.15) is 0 Å². The lowest BCUT2D eigenvalue weighted by molar-refractivity contribution is 0.0536. The molecule has 1 amide bonds. The van der Waals surface area contributed by atoms with Gasteiger partial charge in [-0.1, -0.05) is 0 Å². The molecule has 0 saturated heterocycles. The van der Waals surface area contributed by atoms with Crippen molar-refractivity contribution >= 4 is 16.9 Å². The Hall–Kier alpha value is -1.95. The second-order valence-corrected chi connectivity index (χ2v) is 4.35. The fourth-order valence-electron chi connectivity index (χ4n) is 1.82. The number of carbonyl (C=O) groups excluding carboxylic acids is 1. The van der Waals surface area contributed by atoms with Crippen LogP contribution in [0.5, 0.6) is 0 Å². The molecule has 0 unspecified atom stereocenters. The summed E-state index contributed by atoms with van der Waals surface area (Å²) >= 11 is 0. The lowest BCUT2D eigenvalue weighted by atomic mass is 10.1. The third-order valence-corrected chi connectivity index (χ3v) is 2.69. The Bertz CT molecular complexity index is 589. The first-order valence-corrected chi connectivity index (χ1v) is 5.72. The molecule has 0 saturated carbocycles. The molecule has 0 spiro atoms. The normalized spacial score (nSPS) is 11.2. The minimum atomic E-state index is -0.304. The number of aromatic nitrogens is 3. The second-order valence-electron chi connectivity index (χ2n) is 4.35. The minimum Gasteiger partial charge on any atom is -0.277 e. The number of hydroxylamine groups is 1. The molecule has 1 N–H and O–H groups in total. The molecule has 0 aliphatic carbocycles. The highest BCUT2D eigenvalue weighted by Crippen LogP contribution is 2.19. The van der Waals surface area contributed by atoms with Gasteiger partial charge >= 0.3 is 0 Å². The second kappa shape index (κ2) is 4.73. The van der Waals surface area contributed by atoms with Crippen LogP contribution < -0.4 is 5.48 Å². The summed E-state index contributed by atoms with van der Waals surface area (Å²) in [5, 5.41) is 5.12. The lowest BCUT2D eigenvalue weighted by Gasteiger charge is -2.08. The van der Waals surface area contributed by atoms with Gasteiger partial charge in [0.2, 0.25) is 0 Å². The maximum absolute atomic E-state index is 11.7. The Morgan fingerprint density at radius 2 is 2.22 bits per heavy atom. The highest BCUT2D eigenvalue weighted by atomic mass is 16.6. The fourth-order valence-corrected chi connectivity index (χ4v) is 1.82. The number of pyridine rings is 1. The van der Waals surface area contributed by atoms with Crippen LogP contribution in [0.3, 0.4) is 0 Å². The van der Waals surface area contributed by atoms with Gasteiger partial charge in [0.05, 0.1) is 24.6 Å². The first-order valence-electron chi connectivity index (χ1n) is 5.72. The molecule has 0 aromatic carbocycles. The number of hydrogen-bond acceptors (Lipinski definition) is 4. The molecule has 18 heavy (non-hydrogen) atoms. The highest BCUT2D eigenvalue weighted by molar-refractivity contribution is 5.97. The minimum absolute atomic E-state index is 0.230. The molecule has 2 rings (SSSR count). The van der Waals surface area contributed by atoms with Crippen LogP contribution in [0, 0.1) is 6.92 Å². The van der Waals surface area contributed by atoms with E-state index in [2.05, 4.69) is 20.4 Å². The number of amides is 1. The number of aryl methyl sites for hydroxylation is 1. The predicted molar refractivity (Wildman–Crippen MR) is 67.1 cm³/mol. The van der Waals surface area contributed by atoms with Gasteiger partial charge in [-0.25, -0.2) is 15.1 Å². The first-order chi connectivity index (χ1) is 8.54. The van der Waals surface area contributed by atoms with E-state index in [4.69, 9.17) is 0 Å². The summed E-state index contributed by atoms with van der Waals surface area (Å²) in [4.78, 5) is 20.8. The third-order valence-electron chi connectivity index (χ3n) is 2.69. The van der Waals surface area contributed by atoms with Crippen molar-refractivity contribution < 1.29 is 9.63 Å². The third kappa shape index (κ3) is 2.06. The molecule has 0 atom stereocenters. The summed E-state index contributed by atoms with van der Waals surface area (Å²) in [5.74, 6) is -0.304. The van der Waals surface area contributed by atoms with Gasteiger partial charge in [0, 0.05) is 11.4 Å². The molecule has 96 valence electrons. The van der Waals surface area contributed by atoms with Crippen molar-refractivity contribution in [2.75, 3.05) is 7.11 Å². The van der Waals surface area contributed by atoms with E-state index < -0.39 is 0 Å². The summed E-state index contributed by atoms with van der Waals surface area (Å²) in [6.45, 7) is 5.87. The van der Waals surface area contributed by atoms with Crippen molar-refractivity contribution in [3.8, 4) is 0 Å². The fraction of sp³-hybridized carbons (Fsp3) is 0.417. The van der Waals surface area contributed by atoms with Crippen LogP contribution in [0.15, 0.2) is 12.3 Å². The SMILES string of the molecule is CONC(=O)c1cc2cnn(C(C)C)c2nc1C. The van der Waals surface area contributed by atoms with Crippen LogP contribution in [0.25, 0.3) is 11.0 Å². The Morgan fingerprint density at radius 3 is 2.83 bits per heavy atom. The van der Waals surface area contributed by atoms with Gasteiger partial charge in [0.15, 0.2) is 5.65 Å². The molecular weight excluding hydrogens is 232 g/mol. The van der Waals surface area contributed by atoms with Crippen LogP contribution in [-0.2, 0) is 4.84 Å². The maximum atomic E-state index is 11.7. The Labute approximate surface area is 105 Å². The Balaban J connectivity index is 2.54. The molecule has 0 aliphatic rings. The maximum Gasteiger partial charge on any atom is 0.276 e. The van der Waals surface area contributed by atoms with Crippen molar-refractivity contribution in [3.05, 3.63) is 23.5 Å². The number of nitrogens with zero attached hydrogens (tertiary/aromatic N) is 3. The zero-order chi connectivity index (χ0) is 13.3. The van der Waals surface area contributed by atoms with Crippen LogP contribution in [0.1, 0.15) is 35.9 Å². The number of rotatable bonds is 3. The summed E-state index contributed by atoms with van der Waals surface area (Å²) in [6.07, 6.45) is 1.71. The monoisotopic (exact) mass is 248 g/mol. The quantitative estimate of drug-likeness (QED) is 0.838. The summed E-state index contributed by atoms with van der Waals surface area (Å²) < 4.78 is 1.83. The van der Waals surface area contributed by atoms with Crippen LogP contribution in [-0.4, -0.2) is 27.8 Å². The van der Waals surface area contributed by atoms with Crippen LogP contribution >= 0.6 is 0 Å². The van der Waals surface area contributed by atoms with Crippen molar-refractivity contribution in [1.82, 2.24) is 20.2 Å². The van der Waals surface area contributed by atoms with E-state index in [9.17, 15) is 4.79 Å². The van der Waals surface area contributed by atoms with Crippen molar-refractivity contribution in [1.29, 1.82) is 0 Å². The largest absolute Gasteiger partial charge is 0.277 e. The molecule has 2 aromatic rings. The molecule has 6 heteroatoms. The van der Waals surface area contributed by atoms with Crippen LogP contribution in [0.2, 0.25) is 0 Å². The zero-order valence-electron chi connectivity index (χ0n) is 10.9. The average molecular weight is 248 g/mol. The molecule has 2 heterocycles. The molecule has 0 bridgehead atoms. The summed E-state index contributed by atoms with van der Waals surface area (Å²) in [7, 11) is 1.40. The van der Waals surface area contributed by atoms with E-state index in [0.29, 0.717) is 11.3 Å². The summed E-state index contributed by atoms with van der Waals surface area (Å²) in [6, 6.07) is 2.01. The molecular formula is C12H16N4O2. The van der Waals surface area contributed by atoms with E-state index in [-0.39, 0.29) is 11.9 Å². The van der Waals surface area contributed by atoms with Gasteiger partial charge in [0.25, 0.3) is 5.91 Å². The lowest BCUT2D eigenvalue weighted by Crippen LogP contribution is -2.23. The van der Waals surface area contributed by atoms with Crippen molar-refractivity contribution in [2.24, 2.45) is 0 Å². The predicted octanol–water partition coefficient (Wildman–Crippen LogP) is 1.61. The first kappa shape index (κ1) is 12.5. The average Bonchev–Trinajstić information content (AvgIpc) is 2.70. The van der Waals surface area contributed by atoms with Gasteiger partial charge in [-0.15, -0.1) is 0 Å². The van der Waals surface area contributed by atoms with Gasteiger partial charge in [-0.3, -0.25) is 9.63 Å². The van der Waals surface area contributed by atoms with E-state index in [1.54, 1.807) is 19.2 Å². The van der Waals surface area contributed by atoms with Crippen molar-refractivity contribution in [2.45, 2.75) is 26.8 Å².